The first-order valence-electron chi connectivity index (χ1n) is 8.40. The van der Waals surface area contributed by atoms with Crippen molar-refractivity contribution in [1.82, 2.24) is 30.3 Å². The van der Waals surface area contributed by atoms with Gasteiger partial charge in [-0.1, -0.05) is 5.16 Å². The van der Waals surface area contributed by atoms with Gasteiger partial charge in [0.1, 0.15) is 0 Å². The Morgan fingerprint density at radius 3 is 3.04 bits per heavy atom. The Morgan fingerprint density at radius 2 is 2.27 bits per heavy atom. The van der Waals surface area contributed by atoms with E-state index in [0.29, 0.717) is 18.9 Å². The summed E-state index contributed by atoms with van der Waals surface area (Å²) in [7, 11) is 0. The topological polar surface area (TPSA) is 97.0 Å². The fraction of sp³-hybridized carbons (Fsp3) is 0.353. The maximum absolute atomic E-state index is 12.6. The molecule has 4 rings (SSSR count). The lowest BCUT2D eigenvalue weighted by atomic mass is 10.1. The Morgan fingerprint density at radius 1 is 1.42 bits per heavy atom. The molecule has 0 spiro atoms. The van der Waals surface area contributed by atoms with Gasteiger partial charge in [-0.25, -0.2) is 19.7 Å². The second kappa shape index (κ2) is 7.20. The lowest BCUT2D eigenvalue weighted by molar-refractivity contribution is 0.182. The molecule has 2 amide bonds. The molecule has 9 heteroatoms. The minimum Gasteiger partial charge on any atom is -0.359 e. The summed E-state index contributed by atoms with van der Waals surface area (Å²) in [5.41, 5.74) is 1.61. The molecular weight excluding hydrogens is 352 g/mol. The maximum Gasteiger partial charge on any atom is 0.318 e. The number of nitrogens with one attached hydrogen (secondary N) is 1. The number of thiazole rings is 1. The number of carbonyl (C=O) groups excluding carboxylic acids is 1. The van der Waals surface area contributed by atoms with Crippen LogP contribution in [0, 0.1) is 6.92 Å². The lowest BCUT2D eigenvalue weighted by Gasteiger charge is -2.22. The molecular formula is C17H18N6O2S. The van der Waals surface area contributed by atoms with Crippen LogP contribution in [-0.2, 0) is 6.54 Å². The number of aromatic nitrogens is 4. The number of carbonyl (C=O) groups is 1. The molecule has 0 aliphatic carbocycles. The minimum atomic E-state index is -0.118. The Hall–Kier alpha value is -2.81. The Bertz CT molecular complexity index is 894. The van der Waals surface area contributed by atoms with Crippen molar-refractivity contribution in [3.63, 3.8) is 0 Å². The zero-order valence-electron chi connectivity index (χ0n) is 14.3. The van der Waals surface area contributed by atoms with Gasteiger partial charge in [0.2, 0.25) is 0 Å². The van der Waals surface area contributed by atoms with E-state index in [0.717, 1.165) is 35.0 Å². The van der Waals surface area contributed by atoms with Gasteiger partial charge in [-0.15, -0.1) is 11.3 Å². The predicted octanol–water partition coefficient (Wildman–Crippen LogP) is 2.94. The van der Waals surface area contributed by atoms with Gasteiger partial charge in [-0.3, -0.25) is 0 Å². The summed E-state index contributed by atoms with van der Waals surface area (Å²) in [6.07, 6.45) is 5.20. The van der Waals surface area contributed by atoms with Crippen molar-refractivity contribution in [2.24, 2.45) is 0 Å². The monoisotopic (exact) mass is 370 g/mol. The predicted molar refractivity (Wildman–Crippen MR) is 95.3 cm³/mol. The smallest absolute Gasteiger partial charge is 0.318 e. The molecule has 0 saturated carbocycles. The van der Waals surface area contributed by atoms with E-state index in [1.807, 2.05) is 18.4 Å². The van der Waals surface area contributed by atoms with Crippen LogP contribution in [0.2, 0.25) is 0 Å². The van der Waals surface area contributed by atoms with Crippen molar-refractivity contribution in [1.29, 1.82) is 0 Å². The fourth-order valence-electron chi connectivity index (χ4n) is 3.01. The summed E-state index contributed by atoms with van der Waals surface area (Å²) in [4.78, 5) is 27.3. The third-order valence-corrected chi connectivity index (χ3v) is 5.10. The largest absolute Gasteiger partial charge is 0.359 e. The van der Waals surface area contributed by atoms with Crippen LogP contribution in [0.25, 0.3) is 10.8 Å². The number of urea groups is 1. The van der Waals surface area contributed by atoms with E-state index in [-0.39, 0.29) is 12.1 Å². The van der Waals surface area contributed by atoms with Crippen LogP contribution in [0.15, 0.2) is 34.4 Å². The molecule has 1 aliphatic heterocycles. The van der Waals surface area contributed by atoms with Crippen LogP contribution < -0.4 is 5.32 Å². The molecule has 1 fully saturated rings. The van der Waals surface area contributed by atoms with Crippen LogP contribution in [-0.4, -0.2) is 37.6 Å². The molecule has 0 aromatic carbocycles. The summed E-state index contributed by atoms with van der Waals surface area (Å²) in [6, 6.07) is 3.48. The molecule has 8 nitrogen and oxygen atoms in total. The Balaban J connectivity index is 1.39. The number of hydrogen-bond donors (Lipinski definition) is 1. The maximum atomic E-state index is 12.6. The summed E-state index contributed by atoms with van der Waals surface area (Å²) < 4.78 is 5.35. The number of likely N-dealkylation sites (tertiary alicyclic amines) is 1. The third kappa shape index (κ3) is 3.43. The van der Waals surface area contributed by atoms with Crippen LogP contribution in [0.4, 0.5) is 4.79 Å². The van der Waals surface area contributed by atoms with Gasteiger partial charge >= 0.3 is 6.03 Å². The van der Waals surface area contributed by atoms with Crippen molar-refractivity contribution in [3.8, 4) is 10.8 Å². The molecule has 1 saturated heterocycles. The van der Waals surface area contributed by atoms with E-state index in [9.17, 15) is 4.79 Å². The van der Waals surface area contributed by atoms with E-state index >= 15 is 0 Å². The molecule has 0 bridgehead atoms. The van der Waals surface area contributed by atoms with Gasteiger partial charge in [0.05, 0.1) is 24.0 Å². The second-order valence-electron chi connectivity index (χ2n) is 6.10. The van der Waals surface area contributed by atoms with E-state index in [2.05, 4.69) is 25.4 Å². The van der Waals surface area contributed by atoms with Crippen LogP contribution in [0.1, 0.15) is 36.0 Å². The highest BCUT2D eigenvalue weighted by atomic mass is 32.1. The van der Waals surface area contributed by atoms with Crippen LogP contribution in [0.5, 0.6) is 0 Å². The number of aryl methyl sites for hydroxylation is 1. The zero-order chi connectivity index (χ0) is 17.9. The number of amides is 2. The second-order valence-corrected chi connectivity index (χ2v) is 6.96. The highest BCUT2D eigenvalue weighted by molar-refractivity contribution is 7.13. The summed E-state index contributed by atoms with van der Waals surface area (Å²) in [6.45, 7) is 2.94. The number of nitrogens with zero attached hydrogens (tertiary/aromatic N) is 5. The molecule has 4 heterocycles. The first-order valence-corrected chi connectivity index (χ1v) is 9.28. The van der Waals surface area contributed by atoms with Crippen molar-refractivity contribution in [2.45, 2.75) is 32.4 Å². The van der Waals surface area contributed by atoms with E-state index in [1.54, 1.807) is 23.4 Å². The summed E-state index contributed by atoms with van der Waals surface area (Å²) >= 11 is 1.46. The average Bonchev–Trinajstić information content (AvgIpc) is 3.40. The van der Waals surface area contributed by atoms with E-state index < -0.39 is 0 Å². The van der Waals surface area contributed by atoms with Gasteiger partial charge < -0.3 is 14.7 Å². The number of rotatable bonds is 4. The molecule has 1 N–H and O–H groups in total. The summed E-state index contributed by atoms with van der Waals surface area (Å²) in [5.74, 6) is 1.34. The Kier molecular flexibility index (Phi) is 4.61. The van der Waals surface area contributed by atoms with Gasteiger partial charge in [-0.05, 0) is 25.8 Å². The van der Waals surface area contributed by atoms with Crippen molar-refractivity contribution in [2.75, 3.05) is 6.54 Å². The SMILES string of the molecule is Cc1cc([C@@H]2CCCN2C(=O)NCc2csc(-c3ncccn3)n2)on1. The van der Waals surface area contributed by atoms with Crippen LogP contribution >= 0.6 is 11.3 Å². The fourth-order valence-corrected chi connectivity index (χ4v) is 3.78. The molecule has 3 aromatic rings. The quantitative estimate of drug-likeness (QED) is 0.758. The molecule has 1 atom stereocenters. The van der Waals surface area contributed by atoms with Gasteiger partial charge in [0, 0.05) is 30.4 Å². The zero-order valence-corrected chi connectivity index (χ0v) is 15.1. The van der Waals surface area contributed by atoms with Crippen LogP contribution in [0.3, 0.4) is 0 Å². The number of hydrogen-bond acceptors (Lipinski definition) is 7. The minimum absolute atomic E-state index is 0.0556. The first kappa shape index (κ1) is 16.6. The van der Waals surface area contributed by atoms with E-state index in [1.165, 1.54) is 11.3 Å². The van der Waals surface area contributed by atoms with Gasteiger partial charge in [0.15, 0.2) is 16.6 Å². The normalized spacial score (nSPS) is 16.8. The average molecular weight is 370 g/mol. The molecule has 0 radical (unpaired) electrons. The van der Waals surface area contributed by atoms with Gasteiger partial charge in [0.25, 0.3) is 0 Å². The Labute approximate surface area is 154 Å². The van der Waals surface area contributed by atoms with Gasteiger partial charge in [-0.2, -0.15) is 0 Å². The lowest BCUT2D eigenvalue weighted by Crippen LogP contribution is -2.39. The molecule has 1 aliphatic rings. The molecule has 3 aromatic heterocycles. The van der Waals surface area contributed by atoms with Crippen molar-refractivity contribution < 1.29 is 9.32 Å². The highest BCUT2D eigenvalue weighted by Crippen LogP contribution is 2.32. The molecule has 134 valence electrons. The van der Waals surface area contributed by atoms with Crippen molar-refractivity contribution >= 4 is 17.4 Å². The summed E-state index contributed by atoms with van der Waals surface area (Å²) in [5, 5.41) is 9.52. The third-order valence-electron chi connectivity index (χ3n) is 4.22. The van der Waals surface area contributed by atoms with Crippen molar-refractivity contribution in [3.05, 3.63) is 47.1 Å². The molecule has 0 unspecified atom stereocenters. The first-order chi connectivity index (χ1) is 12.7. The van der Waals surface area contributed by atoms with E-state index in [4.69, 9.17) is 4.52 Å². The standard InChI is InChI=1S/C17H18N6O2S/c1-11-8-14(25-22-11)13-4-2-7-23(13)17(24)20-9-12-10-26-16(21-12)15-18-5-3-6-19-15/h3,5-6,8,10,13H,2,4,7,9H2,1H3,(H,20,24)/t13-/m0/s1. The highest BCUT2D eigenvalue weighted by Gasteiger charge is 2.32. The molecule has 26 heavy (non-hydrogen) atoms.